The minimum absolute atomic E-state index is 0.00492. The zero-order valence-electron chi connectivity index (χ0n) is 12.4. The summed E-state index contributed by atoms with van der Waals surface area (Å²) in [5.74, 6) is 0.691. The molecule has 2 rings (SSSR count). The highest BCUT2D eigenvalue weighted by Gasteiger charge is 2.26. The van der Waals surface area contributed by atoms with E-state index in [0.29, 0.717) is 37.4 Å². The van der Waals surface area contributed by atoms with E-state index in [0.717, 1.165) is 0 Å². The third-order valence-electron chi connectivity index (χ3n) is 3.75. The van der Waals surface area contributed by atoms with Crippen LogP contribution in [0, 0.1) is 5.92 Å². The fourth-order valence-electron chi connectivity index (χ4n) is 2.49. The largest absolute Gasteiger partial charge is 0.495 e. The molecule has 0 saturated carbocycles. The van der Waals surface area contributed by atoms with Crippen molar-refractivity contribution in [1.29, 1.82) is 0 Å². The Bertz CT molecular complexity index is 511. The number of amides is 3. The monoisotopic (exact) mass is 291 g/mol. The Morgan fingerprint density at radius 3 is 2.52 bits per heavy atom. The lowest BCUT2D eigenvalue weighted by Crippen LogP contribution is -2.44. The average Bonchev–Trinajstić information content (AvgIpc) is 2.54. The molecule has 2 N–H and O–H groups in total. The smallest absolute Gasteiger partial charge is 0.321 e. The summed E-state index contributed by atoms with van der Waals surface area (Å²) in [6.45, 7) is 1.16. The number of likely N-dealkylation sites (tertiary alicyclic amines) is 1. The Morgan fingerprint density at radius 1 is 1.24 bits per heavy atom. The maximum atomic E-state index is 12.2. The van der Waals surface area contributed by atoms with Crippen molar-refractivity contribution in [2.75, 3.05) is 32.6 Å². The number of hydrogen-bond acceptors (Lipinski definition) is 3. The summed E-state index contributed by atoms with van der Waals surface area (Å²) in [7, 11) is 3.21. The lowest BCUT2D eigenvalue weighted by Gasteiger charge is -2.31. The number of rotatable bonds is 3. The van der Waals surface area contributed by atoms with Crippen LogP contribution in [0.3, 0.4) is 0 Å². The first-order valence-electron chi connectivity index (χ1n) is 7.06. The summed E-state index contributed by atoms with van der Waals surface area (Å²) < 4.78 is 5.21. The van der Waals surface area contributed by atoms with Gasteiger partial charge in [0.25, 0.3) is 0 Å². The second-order valence-corrected chi connectivity index (χ2v) is 5.01. The number of ether oxygens (including phenoxy) is 1. The van der Waals surface area contributed by atoms with Crippen LogP contribution in [-0.4, -0.2) is 44.1 Å². The zero-order chi connectivity index (χ0) is 15.2. The molecule has 0 aliphatic carbocycles. The Kier molecular flexibility index (Phi) is 5.03. The Morgan fingerprint density at radius 2 is 1.90 bits per heavy atom. The topological polar surface area (TPSA) is 70.7 Å². The lowest BCUT2D eigenvalue weighted by atomic mass is 9.96. The van der Waals surface area contributed by atoms with Crippen LogP contribution < -0.4 is 15.4 Å². The number of nitrogens with one attached hydrogen (secondary N) is 2. The summed E-state index contributed by atoms with van der Waals surface area (Å²) >= 11 is 0. The van der Waals surface area contributed by atoms with E-state index in [1.54, 1.807) is 31.2 Å². The molecule has 21 heavy (non-hydrogen) atoms. The van der Waals surface area contributed by atoms with Gasteiger partial charge in [0, 0.05) is 26.1 Å². The zero-order valence-corrected chi connectivity index (χ0v) is 12.4. The first kappa shape index (κ1) is 15.2. The van der Waals surface area contributed by atoms with Gasteiger partial charge in [-0.1, -0.05) is 12.1 Å². The van der Waals surface area contributed by atoms with Crippen LogP contribution in [0.5, 0.6) is 5.75 Å². The van der Waals surface area contributed by atoms with Crippen molar-refractivity contribution in [2.45, 2.75) is 12.8 Å². The van der Waals surface area contributed by atoms with Gasteiger partial charge >= 0.3 is 6.03 Å². The highest BCUT2D eigenvalue weighted by Crippen LogP contribution is 2.24. The van der Waals surface area contributed by atoms with E-state index in [1.807, 2.05) is 12.1 Å². The van der Waals surface area contributed by atoms with Gasteiger partial charge in [-0.15, -0.1) is 0 Å². The summed E-state index contributed by atoms with van der Waals surface area (Å²) in [6, 6.07) is 7.13. The number of para-hydroxylation sites is 2. The van der Waals surface area contributed by atoms with E-state index in [-0.39, 0.29) is 17.9 Å². The van der Waals surface area contributed by atoms with Gasteiger partial charge in [0.15, 0.2) is 0 Å². The number of carbonyl (C=O) groups excluding carboxylic acids is 2. The predicted octanol–water partition coefficient (Wildman–Crippen LogP) is 1.69. The molecule has 0 radical (unpaired) electrons. The van der Waals surface area contributed by atoms with Crippen LogP contribution in [0.15, 0.2) is 24.3 Å². The van der Waals surface area contributed by atoms with Crippen molar-refractivity contribution >= 4 is 17.6 Å². The van der Waals surface area contributed by atoms with Gasteiger partial charge in [0.1, 0.15) is 5.75 Å². The molecule has 0 bridgehead atoms. The number of anilines is 1. The molecule has 1 aliphatic heterocycles. The Balaban J connectivity index is 1.92. The number of nitrogens with zero attached hydrogens (tertiary/aromatic N) is 1. The first-order chi connectivity index (χ1) is 10.2. The second-order valence-electron chi connectivity index (χ2n) is 5.01. The van der Waals surface area contributed by atoms with Gasteiger partial charge in [0.2, 0.25) is 5.91 Å². The van der Waals surface area contributed by atoms with Crippen LogP contribution >= 0.6 is 0 Å². The van der Waals surface area contributed by atoms with Crippen LogP contribution in [0.4, 0.5) is 10.5 Å². The molecule has 0 spiro atoms. The molecule has 1 aliphatic rings. The minimum Gasteiger partial charge on any atom is -0.495 e. The van der Waals surface area contributed by atoms with Crippen molar-refractivity contribution < 1.29 is 14.3 Å². The third-order valence-corrected chi connectivity index (χ3v) is 3.75. The maximum absolute atomic E-state index is 12.2. The van der Waals surface area contributed by atoms with E-state index in [4.69, 9.17) is 4.74 Å². The summed E-state index contributed by atoms with van der Waals surface area (Å²) in [6.07, 6.45) is 1.39. The molecule has 1 fully saturated rings. The molecule has 1 aromatic carbocycles. The molecule has 1 saturated heterocycles. The van der Waals surface area contributed by atoms with E-state index < -0.39 is 0 Å². The van der Waals surface area contributed by atoms with Crippen LogP contribution in [0.1, 0.15) is 12.8 Å². The first-order valence-corrected chi connectivity index (χ1v) is 7.06. The molecule has 3 amide bonds. The van der Waals surface area contributed by atoms with Gasteiger partial charge in [-0.3, -0.25) is 4.79 Å². The van der Waals surface area contributed by atoms with Crippen molar-refractivity contribution in [2.24, 2.45) is 5.92 Å². The van der Waals surface area contributed by atoms with Gasteiger partial charge in [-0.05, 0) is 25.0 Å². The van der Waals surface area contributed by atoms with E-state index in [1.165, 1.54) is 0 Å². The van der Waals surface area contributed by atoms with E-state index >= 15 is 0 Å². The molecule has 0 unspecified atom stereocenters. The van der Waals surface area contributed by atoms with Crippen LogP contribution in [0.25, 0.3) is 0 Å². The summed E-state index contributed by atoms with van der Waals surface area (Å²) in [4.78, 5) is 25.5. The number of urea groups is 1. The molecule has 1 aromatic rings. The lowest BCUT2D eigenvalue weighted by molar-refractivity contribution is -0.125. The Labute approximate surface area is 124 Å². The Hall–Kier alpha value is -2.24. The van der Waals surface area contributed by atoms with Crippen molar-refractivity contribution in [3.05, 3.63) is 24.3 Å². The van der Waals surface area contributed by atoms with Crippen molar-refractivity contribution in [3.63, 3.8) is 0 Å². The minimum atomic E-state index is -0.158. The quantitative estimate of drug-likeness (QED) is 0.890. The van der Waals surface area contributed by atoms with Gasteiger partial charge in [-0.25, -0.2) is 4.79 Å². The number of piperidine rings is 1. The van der Waals surface area contributed by atoms with Crippen molar-refractivity contribution in [3.8, 4) is 5.75 Å². The number of hydrogen-bond donors (Lipinski definition) is 2. The molecular formula is C15H21N3O3. The fourth-order valence-corrected chi connectivity index (χ4v) is 2.49. The normalized spacial score (nSPS) is 15.4. The molecule has 114 valence electrons. The predicted molar refractivity (Wildman–Crippen MR) is 80.4 cm³/mol. The SMILES string of the molecule is CNC(=O)C1CCN(C(=O)Nc2ccccc2OC)CC1. The molecule has 1 heterocycles. The second kappa shape index (κ2) is 6.97. The average molecular weight is 291 g/mol. The van der Waals surface area contributed by atoms with Crippen LogP contribution in [-0.2, 0) is 4.79 Å². The summed E-state index contributed by atoms with van der Waals surface area (Å²) in [5.41, 5.74) is 0.651. The van der Waals surface area contributed by atoms with Crippen molar-refractivity contribution in [1.82, 2.24) is 10.2 Å². The van der Waals surface area contributed by atoms with E-state index in [2.05, 4.69) is 10.6 Å². The molecule has 6 heteroatoms. The molecule has 6 nitrogen and oxygen atoms in total. The van der Waals surface area contributed by atoms with Gasteiger partial charge < -0.3 is 20.3 Å². The number of methoxy groups -OCH3 is 1. The highest BCUT2D eigenvalue weighted by atomic mass is 16.5. The highest BCUT2D eigenvalue weighted by molar-refractivity contribution is 5.91. The number of carbonyl (C=O) groups is 2. The van der Waals surface area contributed by atoms with Gasteiger partial charge in [-0.2, -0.15) is 0 Å². The summed E-state index contributed by atoms with van der Waals surface area (Å²) in [5, 5.41) is 5.51. The number of benzene rings is 1. The maximum Gasteiger partial charge on any atom is 0.321 e. The fraction of sp³-hybridized carbons (Fsp3) is 0.467. The molecular weight excluding hydrogens is 270 g/mol. The third kappa shape index (κ3) is 3.65. The van der Waals surface area contributed by atoms with E-state index in [9.17, 15) is 9.59 Å². The van der Waals surface area contributed by atoms with Crippen LogP contribution in [0.2, 0.25) is 0 Å². The molecule has 0 atom stereocenters. The standard InChI is InChI=1S/C15H21N3O3/c1-16-14(19)11-7-9-18(10-8-11)15(20)17-12-5-3-4-6-13(12)21-2/h3-6,11H,7-10H2,1-2H3,(H,16,19)(H,17,20). The molecule has 0 aromatic heterocycles. The van der Waals surface area contributed by atoms with Gasteiger partial charge in [0.05, 0.1) is 12.8 Å².